The lowest BCUT2D eigenvalue weighted by Gasteiger charge is -2.28. The van der Waals surface area contributed by atoms with E-state index in [1.165, 1.54) is 57.8 Å². The predicted octanol–water partition coefficient (Wildman–Crippen LogP) is 8.24. The minimum absolute atomic E-state index is 0.00619. The van der Waals surface area contributed by atoms with Gasteiger partial charge in [-0.15, -0.1) is 0 Å². The number of carbonyl (C=O) groups excluding carboxylic acids is 10. The van der Waals surface area contributed by atoms with E-state index in [1.807, 2.05) is 19.1 Å². The van der Waals surface area contributed by atoms with E-state index in [-0.39, 0.29) is 134 Å². The van der Waals surface area contributed by atoms with Crippen molar-refractivity contribution >= 4 is 88.4 Å². The summed E-state index contributed by atoms with van der Waals surface area (Å²) in [5.74, 6) is -14.2. The first-order valence-electron chi connectivity index (χ1n) is 39.0. The molecule has 1 aliphatic carbocycles. The van der Waals surface area contributed by atoms with Gasteiger partial charge in [-0.3, -0.25) is 71.9 Å². The minimum atomic E-state index is -1.53. The molecule has 30 heteroatoms. The van der Waals surface area contributed by atoms with Crippen LogP contribution in [0.1, 0.15) is 266 Å². The van der Waals surface area contributed by atoms with E-state index in [9.17, 15) is 92.3 Å². The molecule has 5 atom stereocenters. The zero-order valence-corrected chi connectivity index (χ0v) is 63.6. The molecule has 0 saturated heterocycles. The molecular weight excluding hydrogens is 1400 g/mol. The topological polar surface area (TPSA) is 480 Å². The molecule has 0 aromatic heterocycles. The summed E-state index contributed by atoms with van der Waals surface area (Å²) >= 11 is 0. The van der Waals surface area contributed by atoms with Crippen LogP contribution in [-0.4, -0.2) is 198 Å². The molecule has 1 aliphatic rings. The van der Waals surface area contributed by atoms with Crippen LogP contribution in [-0.2, 0) is 86.1 Å². The summed E-state index contributed by atoms with van der Waals surface area (Å²) in [6, 6.07) is 3.31. The molecule has 610 valence electrons. The number of benzene rings is 1. The van der Waals surface area contributed by atoms with Gasteiger partial charge in [0.1, 0.15) is 25.0 Å². The van der Waals surface area contributed by atoms with E-state index in [1.54, 1.807) is 12.1 Å². The van der Waals surface area contributed by atoms with Crippen LogP contribution in [0, 0.1) is 30.6 Å². The SMILES string of the molecule is Cc1ccc(C(=O)NCCCCC(NC(=O)COCCOCCCC(=O)COCCOCCCC(=O)C(CCC(=O)O)NC(=O)C(CCC(=O)O)CC(=O)C(CCC(=O)O)NC(=O)CCC(CC(=O)C2CCC(CNC(=O)CCCCCCCCCCCCCCCCCCC(=O)O)CC2)C(=O)O)C(N)=O)cc1. The average molecular weight is 1530 g/mol. The highest BCUT2D eigenvalue weighted by molar-refractivity contribution is 5.96. The third kappa shape index (κ3) is 49.8. The summed E-state index contributed by atoms with van der Waals surface area (Å²) in [4.78, 5) is 188. The second-order valence-corrected chi connectivity index (χ2v) is 28.3. The van der Waals surface area contributed by atoms with Gasteiger partial charge >= 0.3 is 29.8 Å². The van der Waals surface area contributed by atoms with Crippen molar-refractivity contribution in [3.63, 3.8) is 0 Å². The number of aliphatic carboxylic acids is 5. The zero-order valence-electron chi connectivity index (χ0n) is 63.6. The smallest absolute Gasteiger partial charge is 0.306 e. The maximum Gasteiger partial charge on any atom is 0.306 e. The van der Waals surface area contributed by atoms with Gasteiger partial charge < -0.3 is 76.8 Å². The Kier molecular flexibility index (Phi) is 53.2. The number of hydrogen-bond donors (Lipinski definition) is 11. The first kappa shape index (κ1) is 96.0. The number of amides is 6. The summed E-state index contributed by atoms with van der Waals surface area (Å²) in [6.45, 7) is 2.76. The molecule has 0 aliphatic heterocycles. The average Bonchev–Trinajstić information content (AvgIpc) is 0.875. The molecule has 1 aromatic carbocycles. The van der Waals surface area contributed by atoms with Crippen LogP contribution >= 0.6 is 0 Å². The molecule has 1 saturated carbocycles. The first-order valence-corrected chi connectivity index (χ1v) is 39.0. The second-order valence-electron chi connectivity index (χ2n) is 28.3. The Hall–Kier alpha value is -8.09. The van der Waals surface area contributed by atoms with Crippen molar-refractivity contribution in [2.45, 2.75) is 275 Å². The molecule has 2 rings (SSSR count). The molecule has 0 bridgehead atoms. The Morgan fingerprint density at radius 1 is 0.417 bits per heavy atom. The van der Waals surface area contributed by atoms with Crippen LogP contribution in [0.25, 0.3) is 0 Å². The van der Waals surface area contributed by atoms with Crippen LogP contribution in [0.15, 0.2) is 24.3 Å². The Bertz CT molecular complexity index is 2900. The van der Waals surface area contributed by atoms with Gasteiger partial charge in [-0.2, -0.15) is 0 Å². The number of carbonyl (C=O) groups is 15. The quantitative estimate of drug-likeness (QED) is 0.0273. The van der Waals surface area contributed by atoms with E-state index in [2.05, 4.69) is 26.6 Å². The number of ketones is 4. The number of hydrogen-bond acceptors (Lipinski definition) is 19. The highest BCUT2D eigenvalue weighted by atomic mass is 16.5. The fourth-order valence-electron chi connectivity index (χ4n) is 12.6. The summed E-state index contributed by atoms with van der Waals surface area (Å²) in [7, 11) is 0. The molecule has 6 amide bonds. The van der Waals surface area contributed by atoms with Gasteiger partial charge in [0, 0.05) is 108 Å². The maximum atomic E-state index is 13.9. The van der Waals surface area contributed by atoms with E-state index in [0.29, 0.717) is 70.0 Å². The van der Waals surface area contributed by atoms with Crippen molar-refractivity contribution in [3.05, 3.63) is 35.4 Å². The molecule has 108 heavy (non-hydrogen) atoms. The number of unbranched alkanes of at least 4 members (excludes halogenated alkanes) is 16. The van der Waals surface area contributed by atoms with Crippen LogP contribution in [0.4, 0.5) is 0 Å². The number of aryl methyl sites for hydroxylation is 1. The van der Waals surface area contributed by atoms with Gasteiger partial charge in [-0.25, -0.2) is 0 Å². The van der Waals surface area contributed by atoms with E-state index in [4.69, 9.17) is 29.8 Å². The normalized spacial score (nSPS) is 14.8. The molecule has 30 nitrogen and oxygen atoms in total. The summed E-state index contributed by atoms with van der Waals surface area (Å²) in [6.07, 6.45) is 17.8. The van der Waals surface area contributed by atoms with Crippen molar-refractivity contribution in [2.75, 3.05) is 65.9 Å². The number of nitrogens with two attached hydrogens (primary N) is 1. The molecule has 1 aromatic rings. The number of carboxylic acid groups (broad SMARTS) is 5. The Morgan fingerprint density at radius 3 is 1.44 bits per heavy atom. The summed E-state index contributed by atoms with van der Waals surface area (Å²) in [5.41, 5.74) is 7.05. The Labute approximate surface area is 635 Å². The molecular formula is C78H124N6O24. The highest BCUT2D eigenvalue weighted by Gasteiger charge is 2.34. The Morgan fingerprint density at radius 2 is 0.898 bits per heavy atom. The van der Waals surface area contributed by atoms with Gasteiger partial charge in [0.05, 0.1) is 44.4 Å². The lowest BCUT2D eigenvalue weighted by Crippen LogP contribution is -2.46. The zero-order chi connectivity index (χ0) is 79.7. The third-order valence-electron chi connectivity index (χ3n) is 19.1. The second kappa shape index (κ2) is 59.8. The lowest BCUT2D eigenvalue weighted by atomic mass is 9.78. The van der Waals surface area contributed by atoms with Gasteiger partial charge in [-0.05, 0) is 121 Å². The lowest BCUT2D eigenvalue weighted by molar-refractivity contribution is -0.145. The monoisotopic (exact) mass is 1530 g/mol. The minimum Gasteiger partial charge on any atom is -0.481 e. The number of carboxylic acids is 5. The van der Waals surface area contributed by atoms with Gasteiger partial charge in [0.2, 0.25) is 29.5 Å². The van der Waals surface area contributed by atoms with E-state index < -0.39 is 146 Å². The van der Waals surface area contributed by atoms with E-state index in [0.717, 1.165) is 50.5 Å². The van der Waals surface area contributed by atoms with Crippen LogP contribution in [0.3, 0.4) is 0 Å². The predicted molar refractivity (Wildman–Crippen MR) is 397 cm³/mol. The van der Waals surface area contributed by atoms with Crippen molar-refractivity contribution in [1.29, 1.82) is 0 Å². The molecule has 0 heterocycles. The van der Waals surface area contributed by atoms with Crippen molar-refractivity contribution in [1.82, 2.24) is 26.6 Å². The molecule has 0 spiro atoms. The third-order valence-corrected chi connectivity index (χ3v) is 19.1. The first-order chi connectivity index (χ1) is 51.7. The van der Waals surface area contributed by atoms with Crippen molar-refractivity contribution in [3.8, 4) is 0 Å². The number of rotatable bonds is 70. The van der Waals surface area contributed by atoms with Gasteiger partial charge in [0.15, 0.2) is 17.3 Å². The van der Waals surface area contributed by atoms with E-state index >= 15 is 0 Å². The number of primary amides is 1. The molecule has 5 unspecified atom stereocenters. The number of ether oxygens (including phenoxy) is 4. The Balaban J connectivity index is 1.71. The standard InChI is InChI=1S/C78H124N6O24/c1-55-27-31-58(32-28-55)76(101)80-43-19-18-23-64(75(79)100)83-70(91)54-108-49-47-105-44-20-22-61(85)53-107-48-46-106-45-21-24-65(86)62(37-41-73(96)97)84-77(102)59(36-40-72(94)95)50-67(88)63(38-42-74(98)99)82-69(90)39-35-60(78(103)104)51-66(87)57-33-29-56(30-34-57)52-81-68(89)25-16-14-12-10-8-6-4-2-3-5-7-9-11-13-15-17-26-71(92)93/h27-28,31-32,56-57,59-60,62-64H,2-26,29-30,33-54H2,1H3,(H2,79,100)(H,80,101)(H,81,89)(H,82,90)(H,83,91)(H,84,102)(H,92,93)(H,94,95)(H,96,97)(H,98,99)(H,103,104). The number of Topliss-reactive ketones (excluding diaryl/α,β-unsaturated/α-hetero) is 4. The molecule has 0 radical (unpaired) electrons. The largest absolute Gasteiger partial charge is 0.481 e. The van der Waals surface area contributed by atoms with Gasteiger partial charge in [-0.1, -0.05) is 108 Å². The summed E-state index contributed by atoms with van der Waals surface area (Å²) in [5, 5.41) is 60.6. The highest BCUT2D eigenvalue weighted by Crippen LogP contribution is 2.31. The number of nitrogens with one attached hydrogen (secondary N) is 5. The maximum absolute atomic E-state index is 13.9. The fraction of sp³-hybridized carbons (Fsp3) is 0.731. The van der Waals surface area contributed by atoms with Crippen molar-refractivity contribution < 1.29 is 116 Å². The van der Waals surface area contributed by atoms with Crippen LogP contribution in [0.2, 0.25) is 0 Å². The summed E-state index contributed by atoms with van der Waals surface area (Å²) < 4.78 is 21.7. The fourth-order valence-corrected chi connectivity index (χ4v) is 12.6. The van der Waals surface area contributed by atoms with Crippen LogP contribution < -0.4 is 32.3 Å². The van der Waals surface area contributed by atoms with Gasteiger partial charge in [0.25, 0.3) is 5.91 Å². The van der Waals surface area contributed by atoms with Crippen LogP contribution in [0.5, 0.6) is 0 Å². The van der Waals surface area contributed by atoms with Crippen molar-refractivity contribution in [2.24, 2.45) is 29.4 Å². The molecule has 12 N–H and O–H groups in total. The molecule has 1 fully saturated rings.